The topological polar surface area (TPSA) is 95.5 Å². The molecular weight excluding hydrogens is 414 g/mol. The number of amides is 1. The smallest absolute Gasteiger partial charge is 0.243 e. The molecule has 2 heterocycles. The Kier molecular flexibility index (Phi) is 7.27. The first-order valence-electron chi connectivity index (χ1n) is 10.7. The van der Waals surface area contributed by atoms with Gasteiger partial charge in [-0.1, -0.05) is 13.8 Å². The van der Waals surface area contributed by atoms with Gasteiger partial charge in [0.25, 0.3) is 0 Å². The Morgan fingerprint density at radius 2 is 1.61 bits per heavy atom. The molecule has 0 bridgehead atoms. The van der Waals surface area contributed by atoms with E-state index in [0.717, 1.165) is 43.3 Å². The van der Waals surface area contributed by atoms with E-state index in [0.29, 0.717) is 18.8 Å². The number of sulfonamides is 1. The molecule has 1 aliphatic heterocycles. The average Bonchev–Trinajstić information content (AvgIpc) is 2.74. The second-order valence-electron chi connectivity index (χ2n) is 7.81. The quantitative estimate of drug-likeness (QED) is 0.704. The molecule has 168 valence electrons. The van der Waals surface area contributed by atoms with Crippen LogP contribution in [0, 0.1) is 19.8 Å². The summed E-state index contributed by atoms with van der Waals surface area (Å²) in [4.78, 5) is 24.1. The van der Waals surface area contributed by atoms with Crippen molar-refractivity contribution in [1.29, 1.82) is 0 Å². The Balaban J connectivity index is 1.59. The first-order valence-corrected chi connectivity index (χ1v) is 12.2. The van der Waals surface area contributed by atoms with Gasteiger partial charge in [0, 0.05) is 49.2 Å². The zero-order valence-corrected chi connectivity index (χ0v) is 19.4. The fourth-order valence-corrected chi connectivity index (χ4v) is 5.32. The number of carbonyl (C=O) groups is 1. The zero-order chi connectivity index (χ0) is 22.6. The van der Waals surface area contributed by atoms with Gasteiger partial charge in [-0.3, -0.25) is 4.79 Å². The molecule has 1 N–H and O–H groups in total. The van der Waals surface area contributed by atoms with Crippen LogP contribution >= 0.6 is 0 Å². The number of hydrogen-bond acceptors (Lipinski definition) is 6. The van der Waals surface area contributed by atoms with E-state index in [-0.39, 0.29) is 16.7 Å². The standard InChI is InChI=1S/C22H31N5O3S/c1-5-27(6-2)31(29,30)20-9-7-19(8-10-20)25-21(28)18-11-13-26(14-12-18)22-23-16(3)15-17(4)24-22/h7-10,15,18H,5-6,11-14H2,1-4H3,(H,25,28). The van der Waals surface area contributed by atoms with Crippen molar-refractivity contribution in [3.63, 3.8) is 0 Å². The van der Waals surface area contributed by atoms with Crippen molar-refractivity contribution in [2.24, 2.45) is 5.92 Å². The third kappa shape index (κ3) is 5.40. The molecule has 1 fully saturated rings. The molecule has 1 amide bonds. The molecule has 1 aromatic carbocycles. The van der Waals surface area contributed by atoms with Crippen LogP contribution in [0.3, 0.4) is 0 Å². The lowest BCUT2D eigenvalue weighted by Crippen LogP contribution is -2.39. The summed E-state index contributed by atoms with van der Waals surface area (Å²) < 4.78 is 26.6. The Morgan fingerprint density at radius 1 is 1.06 bits per heavy atom. The van der Waals surface area contributed by atoms with E-state index < -0.39 is 10.0 Å². The molecule has 1 aromatic heterocycles. The first kappa shape index (κ1) is 23.1. The third-order valence-electron chi connectivity index (χ3n) is 5.58. The summed E-state index contributed by atoms with van der Waals surface area (Å²) in [5.74, 6) is 0.586. The lowest BCUT2D eigenvalue weighted by Gasteiger charge is -2.31. The molecular formula is C22H31N5O3S. The van der Waals surface area contributed by atoms with Gasteiger partial charge in [0.05, 0.1) is 4.90 Å². The van der Waals surface area contributed by atoms with E-state index in [9.17, 15) is 13.2 Å². The van der Waals surface area contributed by atoms with Gasteiger partial charge in [0.15, 0.2) is 0 Å². The molecule has 2 aromatic rings. The van der Waals surface area contributed by atoms with Crippen LogP contribution in [0.4, 0.5) is 11.6 Å². The minimum atomic E-state index is -3.50. The van der Waals surface area contributed by atoms with E-state index in [1.807, 2.05) is 33.8 Å². The summed E-state index contributed by atoms with van der Waals surface area (Å²) in [7, 11) is -3.50. The highest BCUT2D eigenvalue weighted by molar-refractivity contribution is 7.89. The highest BCUT2D eigenvalue weighted by Gasteiger charge is 2.27. The zero-order valence-electron chi connectivity index (χ0n) is 18.6. The number of anilines is 2. The maximum Gasteiger partial charge on any atom is 0.243 e. The van der Waals surface area contributed by atoms with Crippen molar-refractivity contribution in [3.05, 3.63) is 41.7 Å². The maximum absolute atomic E-state index is 12.7. The molecule has 0 atom stereocenters. The minimum Gasteiger partial charge on any atom is -0.341 e. The lowest BCUT2D eigenvalue weighted by atomic mass is 9.96. The lowest BCUT2D eigenvalue weighted by molar-refractivity contribution is -0.120. The van der Waals surface area contributed by atoms with Gasteiger partial charge in [0.2, 0.25) is 21.9 Å². The van der Waals surface area contributed by atoms with Gasteiger partial charge in [0.1, 0.15) is 0 Å². The highest BCUT2D eigenvalue weighted by Crippen LogP contribution is 2.24. The van der Waals surface area contributed by atoms with Crippen molar-refractivity contribution >= 4 is 27.6 Å². The predicted octanol–water partition coefficient (Wildman–Crippen LogP) is 2.98. The first-order chi connectivity index (χ1) is 14.7. The largest absolute Gasteiger partial charge is 0.341 e. The van der Waals surface area contributed by atoms with Crippen molar-refractivity contribution in [2.75, 3.05) is 36.4 Å². The van der Waals surface area contributed by atoms with Crippen LogP contribution in [0.15, 0.2) is 35.2 Å². The molecule has 0 saturated carbocycles. The minimum absolute atomic E-state index is 0.0414. The summed E-state index contributed by atoms with van der Waals surface area (Å²) in [6, 6.07) is 8.33. The van der Waals surface area contributed by atoms with Crippen molar-refractivity contribution < 1.29 is 13.2 Å². The second kappa shape index (κ2) is 9.74. The highest BCUT2D eigenvalue weighted by atomic mass is 32.2. The van der Waals surface area contributed by atoms with Gasteiger partial charge in [-0.2, -0.15) is 4.31 Å². The molecule has 0 aliphatic carbocycles. The Hall–Kier alpha value is -2.52. The van der Waals surface area contributed by atoms with E-state index in [4.69, 9.17) is 0 Å². The number of benzene rings is 1. The van der Waals surface area contributed by atoms with Crippen LogP contribution in [-0.2, 0) is 14.8 Å². The van der Waals surface area contributed by atoms with Crippen LogP contribution in [0.5, 0.6) is 0 Å². The molecule has 0 spiro atoms. The molecule has 3 rings (SSSR count). The number of aromatic nitrogens is 2. The van der Waals surface area contributed by atoms with Crippen LogP contribution in [0.1, 0.15) is 38.1 Å². The second-order valence-corrected chi connectivity index (χ2v) is 9.75. The van der Waals surface area contributed by atoms with Gasteiger partial charge < -0.3 is 10.2 Å². The number of aryl methyl sites for hydroxylation is 2. The SMILES string of the molecule is CCN(CC)S(=O)(=O)c1ccc(NC(=O)C2CCN(c3nc(C)cc(C)n3)CC2)cc1. The number of hydrogen-bond donors (Lipinski definition) is 1. The third-order valence-corrected chi connectivity index (χ3v) is 7.65. The fourth-order valence-electron chi connectivity index (χ4n) is 3.86. The molecule has 1 aliphatic rings. The van der Waals surface area contributed by atoms with Crippen molar-refractivity contribution in [1.82, 2.24) is 14.3 Å². The summed E-state index contributed by atoms with van der Waals surface area (Å²) in [5, 5.41) is 2.92. The van der Waals surface area contributed by atoms with E-state index >= 15 is 0 Å². The maximum atomic E-state index is 12.7. The number of rotatable bonds is 7. The molecule has 8 nitrogen and oxygen atoms in total. The molecule has 31 heavy (non-hydrogen) atoms. The Bertz CT molecular complexity index is 992. The summed E-state index contributed by atoms with van der Waals surface area (Å²) in [6.07, 6.45) is 1.44. The average molecular weight is 446 g/mol. The van der Waals surface area contributed by atoms with Crippen LogP contribution in [-0.4, -0.2) is 54.8 Å². The van der Waals surface area contributed by atoms with Gasteiger partial charge in [-0.15, -0.1) is 0 Å². The van der Waals surface area contributed by atoms with Crippen molar-refractivity contribution in [2.45, 2.75) is 45.4 Å². The summed E-state index contributed by atoms with van der Waals surface area (Å²) in [5.41, 5.74) is 2.48. The molecule has 1 saturated heterocycles. The van der Waals surface area contributed by atoms with E-state index in [2.05, 4.69) is 20.2 Å². The predicted molar refractivity (Wildman–Crippen MR) is 122 cm³/mol. The van der Waals surface area contributed by atoms with E-state index in [1.165, 1.54) is 4.31 Å². The molecule has 0 radical (unpaired) electrons. The normalized spacial score (nSPS) is 15.3. The van der Waals surface area contributed by atoms with Gasteiger partial charge >= 0.3 is 0 Å². The molecule has 9 heteroatoms. The number of piperidine rings is 1. The summed E-state index contributed by atoms with van der Waals surface area (Å²) in [6.45, 7) is 9.82. The van der Waals surface area contributed by atoms with Gasteiger partial charge in [-0.05, 0) is 57.0 Å². The van der Waals surface area contributed by atoms with E-state index in [1.54, 1.807) is 24.3 Å². The van der Waals surface area contributed by atoms with Crippen LogP contribution in [0.25, 0.3) is 0 Å². The van der Waals surface area contributed by atoms with Crippen molar-refractivity contribution in [3.8, 4) is 0 Å². The van der Waals surface area contributed by atoms with Gasteiger partial charge in [-0.25, -0.2) is 18.4 Å². The van der Waals surface area contributed by atoms with Crippen LogP contribution in [0.2, 0.25) is 0 Å². The Labute approximate surface area is 184 Å². The monoisotopic (exact) mass is 445 g/mol. The van der Waals surface area contributed by atoms with Crippen LogP contribution < -0.4 is 10.2 Å². The Morgan fingerprint density at radius 3 is 2.13 bits per heavy atom. The summed E-state index contributed by atoms with van der Waals surface area (Å²) >= 11 is 0. The number of nitrogens with zero attached hydrogens (tertiary/aromatic N) is 4. The molecule has 0 unspecified atom stereocenters. The fraction of sp³-hybridized carbons (Fsp3) is 0.500. The number of carbonyl (C=O) groups excluding carboxylic acids is 1. The number of nitrogens with one attached hydrogen (secondary N) is 1.